The quantitative estimate of drug-likeness (QED) is 0.159. The Morgan fingerprint density at radius 1 is 0.458 bits per heavy atom. The Morgan fingerprint density at radius 3 is 1.06 bits per heavy atom. The smallest absolute Gasteiger partial charge is 0.323 e. The number of methoxy groups -OCH3 is 4. The van der Waals surface area contributed by atoms with Crippen LogP contribution in [0.5, 0.6) is 0 Å². The van der Waals surface area contributed by atoms with Crippen LogP contribution < -0.4 is 0 Å². The molecule has 0 bridgehead atoms. The molecule has 0 aliphatic heterocycles. The predicted molar refractivity (Wildman–Crippen MR) is 174 cm³/mol. The molecule has 0 amide bonds. The zero-order valence-electron chi connectivity index (χ0n) is 27.9. The molecule has 4 aromatic carbocycles. The molecule has 244 valence electrons. The molecule has 4 aromatic rings. The molecule has 3 aliphatic rings. The third kappa shape index (κ3) is 4.14. The number of carbonyl (C=O) groups excluding carboxylic acids is 4. The minimum Gasteiger partial charge on any atom is -0.468 e. The summed E-state index contributed by atoms with van der Waals surface area (Å²) < 4.78 is 20.8. The van der Waals surface area contributed by atoms with Gasteiger partial charge in [-0.25, -0.2) is 0 Å². The van der Waals surface area contributed by atoms with Gasteiger partial charge in [-0.05, 0) is 89.0 Å². The van der Waals surface area contributed by atoms with E-state index in [1.807, 2.05) is 38.1 Å². The SMILES string of the molecule is COC(=O)C1(C(=O)OC)Cc2c(C)cc3/c(c2C1)=c1/cccc/c1=c1\cc(C)c2c(\c1=c1/cccc/c1=3)CC(C(=O)OC)(C(=O)OC)C2. The highest BCUT2D eigenvalue weighted by Crippen LogP contribution is 2.44. The van der Waals surface area contributed by atoms with E-state index in [1.165, 1.54) is 28.4 Å². The van der Waals surface area contributed by atoms with Gasteiger partial charge in [0.15, 0.2) is 10.8 Å². The molecule has 0 spiro atoms. The fraction of sp³-hybridized carbons (Fsp3) is 0.300. The number of esters is 4. The number of fused-ring (bicyclic) bond motifs is 8. The van der Waals surface area contributed by atoms with E-state index < -0.39 is 34.7 Å². The molecule has 0 saturated heterocycles. The summed E-state index contributed by atoms with van der Waals surface area (Å²) in [6.45, 7) is 4.01. The summed E-state index contributed by atoms with van der Waals surface area (Å²) in [5.41, 5.74) is 2.62. The van der Waals surface area contributed by atoms with Gasteiger partial charge in [0.05, 0.1) is 28.4 Å². The summed E-state index contributed by atoms with van der Waals surface area (Å²) in [4.78, 5) is 53.5. The van der Waals surface area contributed by atoms with Crippen LogP contribution >= 0.6 is 0 Å². The van der Waals surface area contributed by atoms with E-state index in [-0.39, 0.29) is 25.7 Å². The lowest BCUT2D eigenvalue weighted by atomic mass is 9.84. The number of benzene rings is 4. The van der Waals surface area contributed by atoms with E-state index in [0.717, 1.165) is 75.1 Å². The van der Waals surface area contributed by atoms with Crippen molar-refractivity contribution in [2.45, 2.75) is 39.5 Å². The first-order chi connectivity index (χ1) is 23.1. The fourth-order valence-corrected chi connectivity index (χ4v) is 8.51. The van der Waals surface area contributed by atoms with Gasteiger partial charge in [0.25, 0.3) is 0 Å². The van der Waals surface area contributed by atoms with Crippen LogP contribution in [-0.2, 0) is 63.8 Å². The average Bonchev–Trinajstić information content (AvgIpc) is 3.72. The molecule has 0 aromatic heterocycles. The molecule has 7 rings (SSSR count). The lowest BCUT2D eigenvalue weighted by molar-refractivity contribution is -0.170. The highest BCUT2D eigenvalue weighted by atomic mass is 16.6. The maximum Gasteiger partial charge on any atom is 0.323 e. The Labute approximate surface area is 276 Å². The van der Waals surface area contributed by atoms with Crippen molar-refractivity contribution in [3.63, 3.8) is 0 Å². The number of rotatable bonds is 4. The van der Waals surface area contributed by atoms with E-state index in [0.29, 0.717) is 0 Å². The van der Waals surface area contributed by atoms with Gasteiger partial charge in [-0.3, -0.25) is 19.2 Å². The molecule has 0 saturated carbocycles. The van der Waals surface area contributed by atoms with Crippen molar-refractivity contribution in [3.05, 3.63) is 136 Å². The normalized spacial score (nSPS) is 18.6. The van der Waals surface area contributed by atoms with Gasteiger partial charge in [0, 0.05) is 25.7 Å². The zero-order valence-corrected chi connectivity index (χ0v) is 27.9. The summed E-state index contributed by atoms with van der Waals surface area (Å²) in [5, 5.41) is 7.66. The second-order valence-corrected chi connectivity index (χ2v) is 13.1. The second kappa shape index (κ2) is 11.2. The van der Waals surface area contributed by atoms with Gasteiger partial charge in [0.1, 0.15) is 0 Å². The molecule has 0 heterocycles. The van der Waals surface area contributed by atoms with Gasteiger partial charge in [-0.1, -0.05) is 60.7 Å². The van der Waals surface area contributed by atoms with Crippen LogP contribution in [0, 0.1) is 66.4 Å². The summed E-state index contributed by atoms with van der Waals surface area (Å²) in [6, 6.07) is 20.6. The maximum absolute atomic E-state index is 13.4. The molecule has 0 radical (unpaired) electrons. The van der Waals surface area contributed by atoms with Crippen molar-refractivity contribution in [3.8, 4) is 0 Å². The third-order valence-electron chi connectivity index (χ3n) is 10.7. The van der Waals surface area contributed by atoms with Crippen molar-refractivity contribution in [2.75, 3.05) is 28.4 Å². The second-order valence-electron chi connectivity index (χ2n) is 13.1. The monoisotopic (exact) mass is 644 g/mol. The number of ether oxygens (including phenoxy) is 4. The molecule has 8 nitrogen and oxygen atoms in total. The first-order valence-corrected chi connectivity index (χ1v) is 15.9. The zero-order chi connectivity index (χ0) is 34.1. The molecule has 0 unspecified atom stereocenters. The van der Waals surface area contributed by atoms with Gasteiger partial charge >= 0.3 is 23.9 Å². The molecule has 0 atom stereocenters. The standard InChI is InChI=1S/C40H36O8/c1-21-15-27-23-11-7-9-13-25(23)34-28(16-22(2)30-18-40(20-32(30)34,37(43)47-5)38(44)48-6)24-12-8-10-14-26(24)33(27)31-19-39(17-29(21)31,35(41)45-3)36(42)46-4/h7-16H,17-20H2,1-6H3/b27-23-,28-24-,33-26+,34-25+. The maximum atomic E-state index is 13.4. The Hall–Kier alpha value is -5.24. The Morgan fingerprint density at radius 2 is 0.750 bits per heavy atom. The molecular formula is C40H36O8. The Balaban J connectivity index is 1.76. The number of carbonyl (C=O) groups is 4. The van der Waals surface area contributed by atoms with Crippen LogP contribution in [0.4, 0.5) is 0 Å². The number of hydrogen-bond acceptors (Lipinski definition) is 8. The lowest BCUT2D eigenvalue weighted by Gasteiger charge is -2.22. The summed E-state index contributed by atoms with van der Waals surface area (Å²) in [7, 11) is 5.19. The van der Waals surface area contributed by atoms with E-state index >= 15 is 0 Å². The van der Waals surface area contributed by atoms with Crippen LogP contribution in [-0.4, -0.2) is 52.3 Å². The Kier molecular flexibility index (Phi) is 7.31. The van der Waals surface area contributed by atoms with Crippen LogP contribution in [0.1, 0.15) is 33.4 Å². The van der Waals surface area contributed by atoms with Crippen molar-refractivity contribution in [1.82, 2.24) is 0 Å². The van der Waals surface area contributed by atoms with Crippen LogP contribution in [0.25, 0.3) is 0 Å². The van der Waals surface area contributed by atoms with Crippen molar-refractivity contribution in [2.24, 2.45) is 10.8 Å². The summed E-state index contributed by atoms with van der Waals surface area (Å²) in [6.07, 6.45) is 0.631. The van der Waals surface area contributed by atoms with E-state index in [2.05, 4.69) is 36.4 Å². The molecular weight excluding hydrogens is 608 g/mol. The molecule has 0 fully saturated rings. The lowest BCUT2D eigenvalue weighted by Crippen LogP contribution is -2.42. The summed E-state index contributed by atoms with van der Waals surface area (Å²) >= 11 is 0. The predicted octanol–water partition coefficient (Wildman–Crippen LogP) is 4.63. The first-order valence-electron chi connectivity index (χ1n) is 15.9. The van der Waals surface area contributed by atoms with Crippen molar-refractivity contribution in [1.29, 1.82) is 0 Å². The van der Waals surface area contributed by atoms with E-state index in [9.17, 15) is 19.2 Å². The van der Waals surface area contributed by atoms with Gasteiger partial charge in [-0.15, -0.1) is 0 Å². The third-order valence-corrected chi connectivity index (χ3v) is 10.7. The van der Waals surface area contributed by atoms with Gasteiger partial charge in [-0.2, -0.15) is 0 Å². The highest BCUT2D eigenvalue weighted by molar-refractivity contribution is 6.02. The average molecular weight is 645 g/mol. The van der Waals surface area contributed by atoms with Gasteiger partial charge in [0.2, 0.25) is 0 Å². The molecule has 8 heteroatoms. The highest BCUT2D eigenvalue weighted by Gasteiger charge is 2.54. The minimum atomic E-state index is -1.50. The topological polar surface area (TPSA) is 105 Å². The first kappa shape index (κ1) is 31.4. The van der Waals surface area contributed by atoms with Gasteiger partial charge < -0.3 is 18.9 Å². The van der Waals surface area contributed by atoms with Crippen LogP contribution in [0.3, 0.4) is 0 Å². The number of aryl methyl sites for hydroxylation is 2. The van der Waals surface area contributed by atoms with Crippen LogP contribution in [0.15, 0.2) is 60.7 Å². The largest absolute Gasteiger partial charge is 0.468 e. The van der Waals surface area contributed by atoms with Crippen molar-refractivity contribution >= 4 is 23.9 Å². The Bertz CT molecular complexity index is 2310. The molecule has 48 heavy (non-hydrogen) atoms. The number of hydrogen-bond donors (Lipinski definition) is 0. The molecule has 3 aliphatic carbocycles. The summed E-state index contributed by atoms with van der Waals surface area (Å²) in [5.74, 6) is -2.46. The van der Waals surface area contributed by atoms with Crippen LogP contribution in [0.2, 0.25) is 0 Å². The van der Waals surface area contributed by atoms with E-state index in [1.54, 1.807) is 0 Å². The van der Waals surface area contributed by atoms with Crippen molar-refractivity contribution < 1.29 is 38.1 Å². The fourth-order valence-electron chi connectivity index (χ4n) is 8.51. The van der Waals surface area contributed by atoms with E-state index in [4.69, 9.17) is 18.9 Å². The minimum absolute atomic E-state index is 0.138. The molecule has 0 N–H and O–H groups in total.